The molecule has 0 fully saturated rings. The molecule has 1 unspecified atom stereocenters. The van der Waals surface area contributed by atoms with Crippen molar-refractivity contribution in [3.8, 4) is 11.8 Å². The minimum Gasteiger partial charge on any atom is -0.456 e. The van der Waals surface area contributed by atoms with Crippen LogP contribution in [0.4, 0.5) is 0 Å². The maximum Gasteiger partial charge on any atom is 0.234 e. The molecule has 0 saturated carbocycles. The van der Waals surface area contributed by atoms with E-state index in [9.17, 15) is 0 Å². The van der Waals surface area contributed by atoms with Gasteiger partial charge >= 0.3 is 0 Å². The van der Waals surface area contributed by atoms with Crippen LogP contribution in [0.1, 0.15) is 5.56 Å². The van der Waals surface area contributed by atoms with Crippen LogP contribution >= 0.6 is 0 Å². The molecule has 0 saturated heterocycles. The SMILES string of the molecule is N=NC1=CC=CC(C#Cc2ccccc2)O1. The summed E-state index contributed by atoms with van der Waals surface area (Å²) in [5, 5.41) is 3.22. The summed E-state index contributed by atoms with van der Waals surface area (Å²) in [5.74, 6) is 6.25. The number of nitrogens with zero attached hydrogens (tertiary/aromatic N) is 1. The second-order valence-corrected chi connectivity index (χ2v) is 3.18. The first-order valence-corrected chi connectivity index (χ1v) is 4.88. The van der Waals surface area contributed by atoms with E-state index in [2.05, 4.69) is 17.0 Å². The largest absolute Gasteiger partial charge is 0.456 e. The number of allylic oxidation sites excluding steroid dienone is 2. The molecule has 3 heteroatoms. The smallest absolute Gasteiger partial charge is 0.234 e. The van der Waals surface area contributed by atoms with Crippen LogP contribution in [0, 0.1) is 17.4 Å². The first kappa shape index (κ1) is 10.2. The molecular weight excluding hydrogens is 200 g/mol. The van der Waals surface area contributed by atoms with E-state index in [1.165, 1.54) is 0 Å². The van der Waals surface area contributed by atoms with Crippen molar-refractivity contribution in [3.05, 3.63) is 60.0 Å². The molecule has 0 radical (unpaired) electrons. The van der Waals surface area contributed by atoms with Crippen molar-refractivity contribution < 1.29 is 4.74 Å². The number of rotatable bonds is 1. The van der Waals surface area contributed by atoms with Gasteiger partial charge in [-0.1, -0.05) is 30.2 Å². The molecular formula is C13H10N2O. The maximum absolute atomic E-state index is 6.83. The first-order chi connectivity index (χ1) is 7.88. The van der Waals surface area contributed by atoms with E-state index in [-0.39, 0.29) is 12.0 Å². The highest BCUT2D eigenvalue weighted by Gasteiger charge is 2.07. The molecule has 1 aromatic carbocycles. The van der Waals surface area contributed by atoms with Gasteiger partial charge in [0.25, 0.3) is 0 Å². The Bertz CT molecular complexity index is 492. The van der Waals surface area contributed by atoms with E-state index < -0.39 is 0 Å². The maximum atomic E-state index is 6.83. The Kier molecular flexibility index (Phi) is 3.15. The minimum atomic E-state index is -0.325. The molecule has 1 aliphatic rings. The number of nitrogens with one attached hydrogen (secondary N) is 1. The molecule has 0 aliphatic carbocycles. The fourth-order valence-corrected chi connectivity index (χ4v) is 1.26. The summed E-state index contributed by atoms with van der Waals surface area (Å²) in [7, 11) is 0. The summed E-state index contributed by atoms with van der Waals surface area (Å²) in [4.78, 5) is 0. The van der Waals surface area contributed by atoms with Gasteiger partial charge in [0.1, 0.15) is 0 Å². The Balaban J connectivity index is 2.08. The van der Waals surface area contributed by atoms with Gasteiger partial charge in [0.05, 0.1) is 0 Å². The number of benzene rings is 1. The standard InChI is InChI=1S/C13H10N2O/c14-15-13-8-4-7-12(16-13)10-9-11-5-2-1-3-6-11/h1-8,12,14H. The van der Waals surface area contributed by atoms with Gasteiger partial charge in [-0.3, -0.25) is 0 Å². The monoisotopic (exact) mass is 210 g/mol. The predicted molar refractivity (Wildman–Crippen MR) is 60.6 cm³/mol. The quantitative estimate of drug-likeness (QED) is 0.562. The highest BCUT2D eigenvalue weighted by Crippen LogP contribution is 2.10. The average molecular weight is 210 g/mol. The molecule has 0 aromatic heterocycles. The highest BCUT2D eigenvalue weighted by atomic mass is 16.5. The minimum absolute atomic E-state index is 0.287. The molecule has 0 spiro atoms. The Morgan fingerprint density at radius 1 is 1.25 bits per heavy atom. The Morgan fingerprint density at radius 2 is 2.06 bits per heavy atom. The highest BCUT2D eigenvalue weighted by molar-refractivity contribution is 5.36. The molecule has 1 aliphatic heterocycles. The van der Waals surface area contributed by atoms with Crippen LogP contribution in [0.5, 0.6) is 0 Å². The van der Waals surface area contributed by atoms with Crippen LogP contribution in [-0.4, -0.2) is 6.10 Å². The molecule has 1 atom stereocenters. The average Bonchev–Trinajstić information content (AvgIpc) is 2.38. The zero-order valence-corrected chi connectivity index (χ0v) is 8.55. The van der Waals surface area contributed by atoms with Gasteiger partial charge in [-0.2, -0.15) is 0 Å². The summed E-state index contributed by atoms with van der Waals surface area (Å²) in [5.41, 5.74) is 7.78. The van der Waals surface area contributed by atoms with Crippen molar-refractivity contribution in [1.29, 1.82) is 5.53 Å². The molecule has 1 aromatic rings. The molecule has 16 heavy (non-hydrogen) atoms. The first-order valence-electron chi connectivity index (χ1n) is 4.88. The number of hydrogen-bond acceptors (Lipinski definition) is 3. The molecule has 78 valence electrons. The lowest BCUT2D eigenvalue weighted by Crippen LogP contribution is -2.08. The van der Waals surface area contributed by atoms with Crippen LogP contribution in [0.15, 0.2) is 59.6 Å². The lowest BCUT2D eigenvalue weighted by atomic mass is 10.2. The van der Waals surface area contributed by atoms with E-state index >= 15 is 0 Å². The number of hydrogen-bond donors (Lipinski definition) is 1. The van der Waals surface area contributed by atoms with E-state index in [1.807, 2.05) is 36.4 Å². The fraction of sp³-hybridized carbons (Fsp3) is 0.0769. The normalized spacial score (nSPS) is 17.8. The van der Waals surface area contributed by atoms with E-state index in [4.69, 9.17) is 10.3 Å². The Hall–Kier alpha value is -2.34. The van der Waals surface area contributed by atoms with Crippen LogP contribution in [0.2, 0.25) is 0 Å². The van der Waals surface area contributed by atoms with Gasteiger partial charge in [0.15, 0.2) is 6.10 Å². The molecule has 0 amide bonds. The second kappa shape index (κ2) is 4.94. The molecule has 3 nitrogen and oxygen atoms in total. The molecule has 0 bridgehead atoms. The summed E-state index contributed by atoms with van der Waals surface area (Å²) in [6.07, 6.45) is 4.92. The fourth-order valence-electron chi connectivity index (χ4n) is 1.26. The van der Waals surface area contributed by atoms with Crippen molar-refractivity contribution >= 4 is 0 Å². The van der Waals surface area contributed by atoms with Crippen molar-refractivity contribution in [1.82, 2.24) is 0 Å². The van der Waals surface area contributed by atoms with Crippen molar-refractivity contribution in [2.24, 2.45) is 5.11 Å². The molecule has 1 N–H and O–H groups in total. The topological polar surface area (TPSA) is 45.4 Å². The summed E-state index contributed by atoms with van der Waals surface area (Å²) >= 11 is 0. The van der Waals surface area contributed by atoms with Gasteiger partial charge in [0.2, 0.25) is 5.88 Å². The van der Waals surface area contributed by atoms with Crippen molar-refractivity contribution in [2.75, 3.05) is 0 Å². The van der Waals surface area contributed by atoms with Crippen LogP contribution < -0.4 is 0 Å². The van der Waals surface area contributed by atoms with Crippen molar-refractivity contribution in [3.63, 3.8) is 0 Å². The third-order valence-electron chi connectivity index (χ3n) is 2.02. The van der Waals surface area contributed by atoms with Gasteiger partial charge < -0.3 is 4.74 Å². The predicted octanol–water partition coefficient (Wildman–Crippen LogP) is 2.87. The van der Waals surface area contributed by atoms with Gasteiger partial charge in [-0.15, -0.1) is 5.11 Å². The molecule has 1 heterocycles. The zero-order valence-electron chi connectivity index (χ0n) is 8.55. The lowest BCUT2D eigenvalue weighted by Gasteiger charge is -2.11. The van der Waals surface area contributed by atoms with E-state index in [1.54, 1.807) is 12.2 Å². The lowest BCUT2D eigenvalue weighted by molar-refractivity contribution is 0.188. The summed E-state index contributed by atoms with van der Waals surface area (Å²) in [6, 6.07) is 9.69. The Morgan fingerprint density at radius 3 is 2.81 bits per heavy atom. The zero-order chi connectivity index (χ0) is 11.2. The Labute approximate surface area is 94.0 Å². The van der Waals surface area contributed by atoms with Gasteiger partial charge in [-0.05, 0) is 24.1 Å². The van der Waals surface area contributed by atoms with Gasteiger partial charge in [0, 0.05) is 11.6 Å². The van der Waals surface area contributed by atoms with Gasteiger partial charge in [-0.25, -0.2) is 5.53 Å². The van der Waals surface area contributed by atoms with E-state index in [0.717, 1.165) is 5.56 Å². The number of ether oxygens (including phenoxy) is 1. The summed E-state index contributed by atoms with van der Waals surface area (Å²) < 4.78 is 5.30. The van der Waals surface area contributed by atoms with Crippen molar-refractivity contribution in [2.45, 2.75) is 6.10 Å². The van der Waals surface area contributed by atoms with Crippen LogP contribution in [-0.2, 0) is 4.74 Å². The summed E-state index contributed by atoms with van der Waals surface area (Å²) in [6.45, 7) is 0. The molecule has 2 rings (SSSR count). The third-order valence-corrected chi connectivity index (χ3v) is 2.02. The van der Waals surface area contributed by atoms with E-state index in [0.29, 0.717) is 0 Å². The second-order valence-electron chi connectivity index (χ2n) is 3.18. The van der Waals surface area contributed by atoms with Crippen LogP contribution in [0.3, 0.4) is 0 Å². The van der Waals surface area contributed by atoms with Crippen LogP contribution in [0.25, 0.3) is 0 Å². The third kappa shape index (κ3) is 2.58.